The van der Waals surface area contributed by atoms with Crippen molar-refractivity contribution in [2.75, 3.05) is 16.8 Å². The number of hydrogen-bond acceptors (Lipinski definition) is 3. The summed E-state index contributed by atoms with van der Waals surface area (Å²) in [5.41, 5.74) is 5.04. The zero-order valence-corrected chi connectivity index (χ0v) is 16.8. The molecule has 0 unspecified atom stereocenters. The van der Waals surface area contributed by atoms with Gasteiger partial charge in [0.05, 0.1) is 12.6 Å². The number of rotatable bonds is 3. The van der Waals surface area contributed by atoms with Crippen LogP contribution in [0.5, 0.6) is 0 Å². The second kappa shape index (κ2) is 8.70. The van der Waals surface area contributed by atoms with Crippen molar-refractivity contribution in [3.8, 4) is 11.8 Å². The second-order valence-corrected chi connectivity index (χ2v) is 7.27. The largest absolute Gasteiger partial charge is 0.465 e. The molecule has 0 aromatic heterocycles. The molecule has 0 spiro atoms. The highest BCUT2D eigenvalue weighted by Crippen LogP contribution is 2.39. The van der Waals surface area contributed by atoms with Gasteiger partial charge in [-0.1, -0.05) is 29.5 Å². The Morgan fingerprint density at radius 3 is 2.59 bits per heavy atom. The minimum absolute atomic E-state index is 0.0568. The molecule has 0 saturated heterocycles. The first-order valence-corrected chi connectivity index (χ1v) is 9.57. The Kier molecular flexibility index (Phi) is 6.08. The van der Waals surface area contributed by atoms with Crippen LogP contribution in [0.1, 0.15) is 43.0 Å². The fourth-order valence-corrected chi connectivity index (χ4v) is 3.72. The number of nitrogens with zero attached hydrogens (tertiary/aromatic N) is 1. The van der Waals surface area contributed by atoms with Crippen LogP contribution in [0, 0.1) is 18.8 Å². The van der Waals surface area contributed by atoms with Crippen molar-refractivity contribution in [2.24, 2.45) is 0 Å². The summed E-state index contributed by atoms with van der Waals surface area (Å²) >= 11 is 0. The maximum Gasteiger partial charge on any atom is 0.405 e. The van der Waals surface area contributed by atoms with E-state index in [4.69, 9.17) is 5.11 Å². The normalized spacial score (nSPS) is 17.6. The van der Waals surface area contributed by atoms with Crippen LogP contribution in [0.25, 0.3) is 0 Å². The van der Waals surface area contributed by atoms with Gasteiger partial charge in [-0.15, -0.1) is 0 Å². The predicted octanol–water partition coefficient (Wildman–Crippen LogP) is 3.91. The Morgan fingerprint density at radius 2 is 1.93 bits per heavy atom. The molecule has 1 aliphatic rings. The van der Waals surface area contributed by atoms with Crippen molar-refractivity contribution >= 4 is 23.4 Å². The predicted molar refractivity (Wildman–Crippen MR) is 114 cm³/mol. The molecule has 2 atom stereocenters. The van der Waals surface area contributed by atoms with Crippen molar-refractivity contribution in [1.29, 1.82) is 0 Å². The number of hydrogen-bond donors (Lipinski definition) is 3. The van der Waals surface area contributed by atoms with Gasteiger partial charge in [0.15, 0.2) is 0 Å². The van der Waals surface area contributed by atoms with Crippen molar-refractivity contribution in [3.05, 3.63) is 59.2 Å². The van der Waals surface area contributed by atoms with Crippen molar-refractivity contribution < 1.29 is 14.7 Å². The van der Waals surface area contributed by atoms with Gasteiger partial charge in [-0.3, -0.25) is 4.79 Å². The molecule has 29 heavy (non-hydrogen) atoms. The molecule has 0 radical (unpaired) electrons. The van der Waals surface area contributed by atoms with E-state index in [0.717, 1.165) is 34.5 Å². The van der Waals surface area contributed by atoms with Crippen LogP contribution in [0.4, 0.5) is 16.2 Å². The topological polar surface area (TPSA) is 81.7 Å². The highest BCUT2D eigenvalue weighted by atomic mass is 16.4. The van der Waals surface area contributed by atoms with Crippen LogP contribution in [-0.4, -0.2) is 29.7 Å². The average molecular weight is 391 g/mol. The average Bonchev–Trinajstić information content (AvgIpc) is 2.66. The van der Waals surface area contributed by atoms with Crippen LogP contribution in [0.2, 0.25) is 0 Å². The molecule has 2 aromatic carbocycles. The number of aryl methyl sites for hydroxylation is 1. The van der Waals surface area contributed by atoms with Gasteiger partial charge in [-0.05, 0) is 56.2 Å². The van der Waals surface area contributed by atoms with E-state index >= 15 is 0 Å². The first kappa shape index (κ1) is 20.3. The van der Waals surface area contributed by atoms with Crippen LogP contribution in [0.15, 0.2) is 42.5 Å². The molecule has 1 aliphatic heterocycles. The van der Waals surface area contributed by atoms with Crippen molar-refractivity contribution in [2.45, 2.75) is 39.3 Å². The number of nitrogens with one attached hydrogen (secondary N) is 2. The molecule has 6 nitrogen and oxygen atoms in total. The van der Waals surface area contributed by atoms with Gasteiger partial charge in [-0.2, -0.15) is 0 Å². The Morgan fingerprint density at radius 1 is 1.21 bits per heavy atom. The molecule has 0 fully saturated rings. The molecule has 0 bridgehead atoms. The van der Waals surface area contributed by atoms with E-state index in [0.29, 0.717) is 0 Å². The number of carbonyl (C=O) groups excluding carboxylic acids is 1. The van der Waals surface area contributed by atoms with Gasteiger partial charge in [0.25, 0.3) is 0 Å². The lowest BCUT2D eigenvalue weighted by Crippen LogP contribution is -2.43. The molecule has 2 amide bonds. The summed E-state index contributed by atoms with van der Waals surface area (Å²) < 4.78 is 0. The maximum atomic E-state index is 12.2. The van der Waals surface area contributed by atoms with Gasteiger partial charge in [0.2, 0.25) is 5.91 Å². The number of carbonyl (C=O) groups is 2. The Labute approximate surface area is 170 Å². The van der Waals surface area contributed by atoms with E-state index in [-0.39, 0.29) is 24.5 Å². The van der Waals surface area contributed by atoms with Crippen LogP contribution in [-0.2, 0) is 4.79 Å². The van der Waals surface area contributed by atoms with Crippen LogP contribution in [0.3, 0.4) is 0 Å². The minimum Gasteiger partial charge on any atom is -0.465 e. The fraction of sp³-hybridized carbons (Fsp3) is 0.304. The van der Waals surface area contributed by atoms with Gasteiger partial charge >= 0.3 is 6.09 Å². The molecule has 3 N–H and O–H groups in total. The number of benzene rings is 2. The third-order valence-electron chi connectivity index (χ3n) is 4.96. The zero-order chi connectivity index (χ0) is 21.0. The third-order valence-corrected chi connectivity index (χ3v) is 4.96. The Bertz CT molecular complexity index is 973. The van der Waals surface area contributed by atoms with E-state index in [1.165, 1.54) is 0 Å². The number of carboxylic acid groups (broad SMARTS) is 1. The molecule has 1 heterocycles. The van der Waals surface area contributed by atoms with E-state index in [9.17, 15) is 9.59 Å². The first-order chi connectivity index (χ1) is 13.8. The third kappa shape index (κ3) is 4.88. The first-order valence-electron chi connectivity index (χ1n) is 9.57. The zero-order valence-electron chi connectivity index (χ0n) is 16.8. The van der Waals surface area contributed by atoms with E-state index in [2.05, 4.69) is 42.4 Å². The van der Waals surface area contributed by atoms with Crippen molar-refractivity contribution in [3.63, 3.8) is 0 Å². The van der Waals surface area contributed by atoms with Gasteiger partial charge < -0.3 is 20.6 Å². The van der Waals surface area contributed by atoms with Gasteiger partial charge in [0.1, 0.15) is 0 Å². The van der Waals surface area contributed by atoms with E-state index in [1.807, 2.05) is 41.3 Å². The van der Waals surface area contributed by atoms with Crippen molar-refractivity contribution in [1.82, 2.24) is 5.32 Å². The molecule has 3 rings (SSSR count). The highest BCUT2D eigenvalue weighted by Gasteiger charge is 2.32. The molecule has 0 saturated carbocycles. The quantitative estimate of drug-likeness (QED) is 0.693. The number of amides is 2. The number of fused-ring (bicyclic) bond motifs is 1. The molecule has 150 valence electrons. The second-order valence-electron chi connectivity index (χ2n) is 7.27. The van der Waals surface area contributed by atoms with Gasteiger partial charge in [0, 0.05) is 29.9 Å². The molecule has 2 aromatic rings. The van der Waals surface area contributed by atoms with E-state index in [1.54, 1.807) is 6.92 Å². The summed E-state index contributed by atoms with van der Waals surface area (Å²) in [4.78, 5) is 24.5. The SMILES string of the molecule is CC(=O)N1c2ccc(C)cc2[C@@H](Nc2ccc(C#CCNC(=O)O)cc2)C[C@H]1C. The molecular formula is C23H25N3O3. The molecular weight excluding hydrogens is 366 g/mol. The summed E-state index contributed by atoms with van der Waals surface area (Å²) in [7, 11) is 0. The minimum atomic E-state index is -1.08. The standard InChI is InChI=1S/C23H25N3O3/c1-15-6-11-22-20(13-15)21(14-16(2)26(22)17(3)27)25-19-9-7-18(8-10-19)5-4-12-24-23(28)29/h6-11,13,16,21,24-25H,12,14H2,1-3H3,(H,28,29)/t16-,21+/m1/s1. The van der Waals surface area contributed by atoms with E-state index < -0.39 is 6.09 Å². The smallest absolute Gasteiger partial charge is 0.405 e. The highest BCUT2D eigenvalue weighted by molar-refractivity contribution is 5.93. The lowest BCUT2D eigenvalue weighted by Gasteiger charge is -2.39. The molecule has 0 aliphatic carbocycles. The van der Waals surface area contributed by atoms with Gasteiger partial charge in [-0.25, -0.2) is 4.79 Å². The number of anilines is 2. The summed E-state index contributed by atoms with van der Waals surface area (Å²) in [6.07, 6.45) is -0.266. The summed E-state index contributed by atoms with van der Waals surface area (Å²) in [5, 5.41) is 14.3. The summed E-state index contributed by atoms with van der Waals surface area (Å²) in [6, 6.07) is 14.2. The monoisotopic (exact) mass is 391 g/mol. The molecule has 6 heteroatoms. The Hall–Kier alpha value is -3.46. The Balaban J connectivity index is 1.78. The lowest BCUT2D eigenvalue weighted by molar-refractivity contribution is -0.117. The van der Waals surface area contributed by atoms with Crippen LogP contribution >= 0.6 is 0 Å². The summed E-state index contributed by atoms with van der Waals surface area (Å²) in [5.74, 6) is 5.76. The lowest BCUT2D eigenvalue weighted by atomic mass is 9.90. The maximum absolute atomic E-state index is 12.2. The van der Waals surface area contributed by atoms with Crippen LogP contribution < -0.4 is 15.5 Å². The summed E-state index contributed by atoms with van der Waals surface area (Å²) in [6.45, 7) is 5.83. The fourth-order valence-electron chi connectivity index (χ4n) is 3.72.